The molecule has 4 rings (SSSR count). The summed E-state index contributed by atoms with van der Waals surface area (Å²) in [5.41, 5.74) is 1.06. The van der Waals surface area contributed by atoms with Crippen LogP contribution in [-0.2, 0) is 9.59 Å². The molecule has 0 spiro atoms. The van der Waals surface area contributed by atoms with Crippen LogP contribution in [0.15, 0.2) is 24.3 Å². The number of anilines is 2. The molecule has 2 fully saturated rings. The summed E-state index contributed by atoms with van der Waals surface area (Å²) in [6, 6.07) is 6.86. The Morgan fingerprint density at radius 1 is 1.06 bits per heavy atom. The summed E-state index contributed by atoms with van der Waals surface area (Å²) in [5.74, 6) is -0.397. The van der Waals surface area contributed by atoms with E-state index in [9.17, 15) is 19.5 Å². The highest BCUT2D eigenvalue weighted by Gasteiger charge is 2.25. The lowest BCUT2D eigenvalue weighted by molar-refractivity contribution is -0.123. The Hall–Kier alpha value is -3.20. The van der Waals surface area contributed by atoms with Crippen LogP contribution in [0.1, 0.15) is 56.8 Å². The van der Waals surface area contributed by atoms with Gasteiger partial charge in [0.15, 0.2) is 0 Å². The Bertz CT molecular complexity index is 1110. The summed E-state index contributed by atoms with van der Waals surface area (Å²) in [4.78, 5) is 45.7. The van der Waals surface area contributed by atoms with Crippen LogP contribution in [0.2, 0.25) is 0 Å². The van der Waals surface area contributed by atoms with E-state index in [1.807, 2.05) is 20.8 Å². The number of rotatable bonds is 6. The molecule has 0 unspecified atom stereocenters. The van der Waals surface area contributed by atoms with Gasteiger partial charge in [-0.1, -0.05) is 12.8 Å². The lowest BCUT2D eigenvalue weighted by Gasteiger charge is -2.35. The third kappa shape index (κ3) is 6.28. The van der Waals surface area contributed by atoms with Crippen LogP contribution in [0, 0.1) is 5.92 Å². The summed E-state index contributed by atoms with van der Waals surface area (Å²) >= 11 is 0. The van der Waals surface area contributed by atoms with E-state index in [1.165, 1.54) is 0 Å². The zero-order chi connectivity index (χ0) is 25.2. The molecule has 2 heterocycles. The van der Waals surface area contributed by atoms with E-state index in [0.29, 0.717) is 55.1 Å². The molecule has 9 heteroatoms. The van der Waals surface area contributed by atoms with Crippen molar-refractivity contribution in [3.05, 3.63) is 29.8 Å². The number of nitrogens with one attached hydrogen (secondary N) is 2. The third-order valence-corrected chi connectivity index (χ3v) is 6.60. The lowest BCUT2D eigenvalue weighted by atomic mass is 10.1. The highest BCUT2D eigenvalue weighted by Crippen LogP contribution is 2.29. The number of aromatic nitrogens is 1. The maximum absolute atomic E-state index is 12.5. The summed E-state index contributed by atoms with van der Waals surface area (Å²) in [6.07, 6.45) is 3.95. The van der Waals surface area contributed by atoms with E-state index in [1.54, 1.807) is 24.3 Å². The summed E-state index contributed by atoms with van der Waals surface area (Å²) < 4.78 is 0. The number of carboxylic acid groups (broad SMARTS) is 1. The molecule has 188 valence electrons. The average molecular weight is 482 g/mol. The van der Waals surface area contributed by atoms with Crippen molar-refractivity contribution in [2.45, 2.75) is 52.0 Å². The van der Waals surface area contributed by atoms with Gasteiger partial charge < -0.3 is 20.6 Å². The van der Waals surface area contributed by atoms with Crippen molar-refractivity contribution in [3.8, 4) is 0 Å². The normalized spacial score (nSPS) is 17.5. The van der Waals surface area contributed by atoms with E-state index >= 15 is 0 Å². The Morgan fingerprint density at radius 3 is 2.37 bits per heavy atom. The minimum absolute atomic E-state index is 0.00114. The first kappa shape index (κ1) is 24.9. The number of hydrogen-bond acceptors (Lipinski definition) is 6. The van der Waals surface area contributed by atoms with Gasteiger partial charge in [-0.3, -0.25) is 14.5 Å². The van der Waals surface area contributed by atoms with E-state index in [0.717, 1.165) is 25.7 Å². The number of fused-ring (bicyclic) bond motifs is 1. The molecule has 35 heavy (non-hydrogen) atoms. The van der Waals surface area contributed by atoms with Gasteiger partial charge in [-0.2, -0.15) is 0 Å². The van der Waals surface area contributed by atoms with Gasteiger partial charge in [0.25, 0.3) is 0 Å². The number of aromatic carboxylic acids is 1. The number of hydrogen-bond donors (Lipinski definition) is 3. The van der Waals surface area contributed by atoms with Gasteiger partial charge in [0.2, 0.25) is 11.8 Å². The molecule has 1 saturated heterocycles. The van der Waals surface area contributed by atoms with Crippen molar-refractivity contribution >= 4 is 40.2 Å². The summed E-state index contributed by atoms with van der Waals surface area (Å²) in [7, 11) is 0. The van der Waals surface area contributed by atoms with Gasteiger partial charge in [0.05, 0.1) is 17.6 Å². The maximum atomic E-state index is 12.5. The van der Waals surface area contributed by atoms with Crippen LogP contribution in [-0.4, -0.2) is 71.0 Å². The number of pyridine rings is 1. The molecule has 1 saturated carbocycles. The van der Waals surface area contributed by atoms with Gasteiger partial charge in [-0.25, -0.2) is 9.78 Å². The van der Waals surface area contributed by atoms with Crippen LogP contribution in [0.3, 0.4) is 0 Å². The monoisotopic (exact) mass is 481 g/mol. The fourth-order valence-corrected chi connectivity index (χ4v) is 4.86. The molecular weight excluding hydrogens is 446 g/mol. The molecule has 3 N–H and O–H groups in total. The van der Waals surface area contributed by atoms with Crippen LogP contribution < -0.4 is 15.5 Å². The van der Waals surface area contributed by atoms with Gasteiger partial charge in [0, 0.05) is 48.7 Å². The average Bonchev–Trinajstić information content (AvgIpc) is 3.33. The lowest BCUT2D eigenvalue weighted by Crippen LogP contribution is -2.52. The van der Waals surface area contributed by atoms with Gasteiger partial charge in [-0.15, -0.1) is 0 Å². The van der Waals surface area contributed by atoms with E-state index < -0.39 is 5.97 Å². The number of piperazine rings is 1. The summed E-state index contributed by atoms with van der Waals surface area (Å²) in [5, 5.41) is 16.3. The van der Waals surface area contributed by atoms with E-state index in [2.05, 4.69) is 20.4 Å². The molecule has 0 radical (unpaired) electrons. The van der Waals surface area contributed by atoms with Crippen LogP contribution in [0.25, 0.3) is 10.9 Å². The Kier molecular flexibility index (Phi) is 7.25. The number of benzene rings is 1. The smallest absolute Gasteiger partial charge is 0.336 e. The van der Waals surface area contributed by atoms with Crippen molar-refractivity contribution in [1.82, 2.24) is 15.2 Å². The standard InChI is InChI=1S/C26H35N5O4/c1-26(2,3)29-23(32)16-30-10-12-31(13-11-30)22-15-20(25(34)35)19-14-18(8-9-21(19)28-22)27-24(33)17-6-4-5-7-17/h8-9,14-15,17H,4-7,10-13,16H2,1-3H3,(H,27,33)(H,29,32)(H,34,35). The second-order valence-corrected chi connectivity index (χ2v) is 10.6. The minimum atomic E-state index is -1.03. The molecule has 1 aromatic carbocycles. The van der Waals surface area contributed by atoms with Crippen molar-refractivity contribution in [2.75, 3.05) is 42.9 Å². The van der Waals surface area contributed by atoms with Crippen LogP contribution in [0.5, 0.6) is 0 Å². The zero-order valence-corrected chi connectivity index (χ0v) is 20.8. The zero-order valence-electron chi connectivity index (χ0n) is 20.8. The van der Waals surface area contributed by atoms with Crippen molar-refractivity contribution < 1.29 is 19.5 Å². The molecule has 1 aliphatic carbocycles. The van der Waals surface area contributed by atoms with Crippen LogP contribution in [0.4, 0.5) is 11.5 Å². The first-order chi connectivity index (χ1) is 16.6. The van der Waals surface area contributed by atoms with Crippen molar-refractivity contribution in [3.63, 3.8) is 0 Å². The Morgan fingerprint density at radius 2 is 1.74 bits per heavy atom. The third-order valence-electron chi connectivity index (χ3n) is 6.60. The Labute approximate surface area is 205 Å². The number of carbonyl (C=O) groups excluding carboxylic acids is 2. The largest absolute Gasteiger partial charge is 0.478 e. The molecule has 2 aromatic rings. The molecule has 0 bridgehead atoms. The van der Waals surface area contributed by atoms with Crippen molar-refractivity contribution in [2.24, 2.45) is 5.92 Å². The fourth-order valence-electron chi connectivity index (χ4n) is 4.86. The predicted octanol–water partition coefficient (Wildman–Crippen LogP) is 3.10. The van der Waals surface area contributed by atoms with E-state index in [-0.39, 0.29) is 28.8 Å². The fraction of sp³-hybridized carbons (Fsp3) is 0.538. The first-order valence-electron chi connectivity index (χ1n) is 12.4. The number of nitrogens with zero attached hydrogens (tertiary/aromatic N) is 3. The number of amides is 2. The maximum Gasteiger partial charge on any atom is 0.336 e. The molecule has 2 amide bonds. The topological polar surface area (TPSA) is 115 Å². The molecule has 0 atom stereocenters. The quantitative estimate of drug-likeness (QED) is 0.581. The first-order valence-corrected chi connectivity index (χ1v) is 12.4. The Balaban J connectivity index is 1.47. The van der Waals surface area contributed by atoms with Gasteiger partial charge in [-0.05, 0) is 57.9 Å². The highest BCUT2D eigenvalue weighted by atomic mass is 16.4. The minimum Gasteiger partial charge on any atom is -0.478 e. The molecule has 2 aliphatic rings. The number of carboxylic acids is 1. The molecule has 1 aliphatic heterocycles. The SMILES string of the molecule is CC(C)(C)NC(=O)CN1CCN(c2cc(C(=O)O)c3cc(NC(=O)C4CCCC4)ccc3n2)CC1. The highest BCUT2D eigenvalue weighted by molar-refractivity contribution is 6.05. The molecule has 9 nitrogen and oxygen atoms in total. The van der Waals surface area contributed by atoms with Gasteiger partial charge >= 0.3 is 5.97 Å². The summed E-state index contributed by atoms with van der Waals surface area (Å²) in [6.45, 7) is 8.89. The second kappa shape index (κ2) is 10.2. The second-order valence-electron chi connectivity index (χ2n) is 10.6. The predicted molar refractivity (Wildman–Crippen MR) is 136 cm³/mol. The van der Waals surface area contributed by atoms with Gasteiger partial charge in [0.1, 0.15) is 5.82 Å². The molecule has 1 aromatic heterocycles. The number of carbonyl (C=O) groups is 3. The van der Waals surface area contributed by atoms with E-state index in [4.69, 9.17) is 4.98 Å². The molecular formula is C26H35N5O4. The van der Waals surface area contributed by atoms with Crippen LogP contribution >= 0.6 is 0 Å². The van der Waals surface area contributed by atoms with Crippen molar-refractivity contribution in [1.29, 1.82) is 0 Å².